The van der Waals surface area contributed by atoms with Gasteiger partial charge in [0, 0.05) is 19.8 Å². The summed E-state index contributed by atoms with van der Waals surface area (Å²) in [6.45, 7) is 6.27. The Morgan fingerprint density at radius 1 is 1.11 bits per heavy atom. The van der Waals surface area contributed by atoms with E-state index in [2.05, 4.69) is 5.92 Å². The van der Waals surface area contributed by atoms with Crippen LogP contribution in [0.2, 0.25) is 0 Å². The van der Waals surface area contributed by atoms with Crippen LogP contribution in [0.4, 0.5) is 0 Å². The van der Waals surface area contributed by atoms with E-state index >= 15 is 0 Å². The van der Waals surface area contributed by atoms with Gasteiger partial charge in [0.2, 0.25) is 6.29 Å². The summed E-state index contributed by atoms with van der Waals surface area (Å²) < 4.78 is 15.8. The van der Waals surface area contributed by atoms with Gasteiger partial charge >= 0.3 is 11.9 Å². The summed E-state index contributed by atoms with van der Waals surface area (Å²) in [5.41, 5.74) is 0. The second kappa shape index (κ2) is 5.87. The smallest absolute Gasteiger partial charge is 0.304 e. The van der Waals surface area contributed by atoms with Crippen LogP contribution in [-0.2, 0) is 23.8 Å². The number of esters is 2. The third-order valence-electron chi connectivity index (χ3n) is 2.97. The van der Waals surface area contributed by atoms with E-state index in [-0.39, 0.29) is 11.8 Å². The molecule has 1 fully saturated rings. The van der Waals surface area contributed by atoms with E-state index in [1.165, 1.54) is 13.8 Å². The molecule has 5 heteroatoms. The van der Waals surface area contributed by atoms with Crippen LogP contribution >= 0.6 is 0 Å². The number of rotatable bonds is 2. The van der Waals surface area contributed by atoms with Gasteiger partial charge in [0.05, 0.1) is 5.92 Å². The molecule has 0 radical (unpaired) electrons. The molecular weight excluding hydrogens is 236 g/mol. The molecule has 1 unspecified atom stereocenters. The molecule has 0 aromatic heterocycles. The Balaban J connectivity index is 2.88. The molecule has 0 aliphatic carbocycles. The molecule has 0 spiro atoms. The summed E-state index contributed by atoms with van der Waals surface area (Å²) in [6.07, 6.45) is 3.61. The Kier molecular flexibility index (Phi) is 4.74. The molecule has 0 N–H and O–H groups in total. The number of carbonyl (C=O) groups is 2. The highest BCUT2D eigenvalue weighted by atomic mass is 16.7. The fourth-order valence-corrected chi connectivity index (χ4v) is 2.09. The van der Waals surface area contributed by atoms with Crippen LogP contribution in [0.3, 0.4) is 0 Å². The van der Waals surface area contributed by atoms with Gasteiger partial charge in [-0.1, -0.05) is 19.8 Å². The maximum atomic E-state index is 11.1. The van der Waals surface area contributed by atoms with Crippen LogP contribution in [0.25, 0.3) is 0 Å². The van der Waals surface area contributed by atoms with E-state index in [0.29, 0.717) is 0 Å². The largest absolute Gasteiger partial charge is 0.462 e. The first kappa shape index (κ1) is 14.5. The third-order valence-corrected chi connectivity index (χ3v) is 2.97. The molecule has 1 aliphatic rings. The van der Waals surface area contributed by atoms with Gasteiger partial charge in [0.15, 0.2) is 0 Å². The highest BCUT2D eigenvalue weighted by molar-refractivity contribution is 5.66. The summed E-state index contributed by atoms with van der Waals surface area (Å²) in [4.78, 5) is 22.1. The molecule has 0 aromatic rings. The molecule has 0 bridgehead atoms. The maximum Gasteiger partial charge on any atom is 0.304 e. The Morgan fingerprint density at radius 2 is 1.67 bits per heavy atom. The first-order chi connectivity index (χ1) is 8.36. The topological polar surface area (TPSA) is 61.8 Å². The number of hydrogen-bond donors (Lipinski definition) is 0. The van der Waals surface area contributed by atoms with E-state index in [9.17, 15) is 9.59 Å². The first-order valence-corrected chi connectivity index (χ1v) is 5.82. The van der Waals surface area contributed by atoms with Crippen molar-refractivity contribution in [3.8, 4) is 12.3 Å². The van der Waals surface area contributed by atoms with Crippen LogP contribution in [0.15, 0.2) is 0 Å². The molecular formula is C13H18O5. The summed E-state index contributed by atoms with van der Waals surface area (Å²) in [7, 11) is 0. The van der Waals surface area contributed by atoms with Gasteiger partial charge in [0.1, 0.15) is 12.2 Å². The molecule has 0 aromatic carbocycles. The fraction of sp³-hybridized carbons (Fsp3) is 0.692. The summed E-state index contributed by atoms with van der Waals surface area (Å²) in [5, 5.41) is 0. The van der Waals surface area contributed by atoms with Crippen molar-refractivity contribution < 1.29 is 23.8 Å². The highest BCUT2D eigenvalue weighted by Gasteiger charge is 2.44. The minimum Gasteiger partial charge on any atom is -0.462 e. The second-order valence-electron chi connectivity index (χ2n) is 4.49. The summed E-state index contributed by atoms with van der Waals surface area (Å²) in [5.74, 6) is 1.21. The van der Waals surface area contributed by atoms with Gasteiger partial charge in [-0.05, 0) is 0 Å². The quantitative estimate of drug-likeness (QED) is 0.545. The molecule has 18 heavy (non-hydrogen) atoms. The zero-order valence-corrected chi connectivity index (χ0v) is 11.0. The molecule has 0 amide bonds. The van der Waals surface area contributed by atoms with Crippen molar-refractivity contribution in [2.24, 2.45) is 11.8 Å². The maximum absolute atomic E-state index is 11.1. The van der Waals surface area contributed by atoms with Gasteiger partial charge in [-0.25, -0.2) is 0 Å². The van der Waals surface area contributed by atoms with E-state index < -0.39 is 30.4 Å². The van der Waals surface area contributed by atoms with Crippen molar-refractivity contribution in [2.45, 2.75) is 46.2 Å². The van der Waals surface area contributed by atoms with Crippen LogP contribution in [0.1, 0.15) is 27.7 Å². The lowest BCUT2D eigenvalue weighted by Gasteiger charge is -2.41. The van der Waals surface area contributed by atoms with E-state index in [1.54, 1.807) is 6.92 Å². The predicted octanol–water partition coefficient (Wildman–Crippen LogP) is 1.11. The molecule has 5 atom stereocenters. The van der Waals surface area contributed by atoms with Gasteiger partial charge in [-0.3, -0.25) is 9.59 Å². The average Bonchev–Trinajstić information content (AvgIpc) is 2.27. The van der Waals surface area contributed by atoms with Crippen LogP contribution in [0, 0.1) is 24.2 Å². The fourth-order valence-electron chi connectivity index (χ4n) is 2.09. The van der Waals surface area contributed by atoms with Crippen molar-refractivity contribution >= 4 is 11.9 Å². The lowest BCUT2D eigenvalue weighted by molar-refractivity contribution is -0.246. The molecule has 1 aliphatic heterocycles. The van der Waals surface area contributed by atoms with Gasteiger partial charge in [-0.15, -0.1) is 6.42 Å². The van der Waals surface area contributed by atoms with Crippen molar-refractivity contribution in [3.63, 3.8) is 0 Å². The molecule has 100 valence electrons. The van der Waals surface area contributed by atoms with Gasteiger partial charge in [-0.2, -0.15) is 0 Å². The normalized spacial score (nSPS) is 35.4. The van der Waals surface area contributed by atoms with E-state index in [1.807, 2.05) is 6.92 Å². The van der Waals surface area contributed by atoms with Crippen molar-refractivity contribution in [1.29, 1.82) is 0 Å². The monoisotopic (exact) mass is 254 g/mol. The zero-order chi connectivity index (χ0) is 13.9. The number of hydrogen-bond acceptors (Lipinski definition) is 5. The Morgan fingerprint density at radius 3 is 2.11 bits per heavy atom. The van der Waals surface area contributed by atoms with Crippen LogP contribution < -0.4 is 0 Å². The average molecular weight is 254 g/mol. The minimum absolute atomic E-state index is 0.152. The zero-order valence-electron chi connectivity index (χ0n) is 11.0. The lowest BCUT2D eigenvalue weighted by atomic mass is 9.86. The van der Waals surface area contributed by atoms with Gasteiger partial charge < -0.3 is 14.2 Å². The summed E-state index contributed by atoms with van der Waals surface area (Å²) >= 11 is 0. The first-order valence-electron chi connectivity index (χ1n) is 5.82. The highest BCUT2D eigenvalue weighted by Crippen LogP contribution is 2.32. The van der Waals surface area contributed by atoms with Crippen molar-refractivity contribution in [2.75, 3.05) is 0 Å². The third kappa shape index (κ3) is 3.23. The number of ether oxygens (including phenoxy) is 3. The van der Waals surface area contributed by atoms with E-state index in [4.69, 9.17) is 20.6 Å². The Bertz CT molecular complexity index is 370. The molecule has 5 nitrogen and oxygen atoms in total. The second-order valence-corrected chi connectivity index (χ2v) is 4.49. The molecule has 1 rings (SSSR count). The number of terminal acetylenes is 1. The Hall–Kier alpha value is -1.54. The SMILES string of the molecule is C#C[C@@H]1OC(OC(C)=O)[C@@H](C)[C@H](OC(C)=O)[C@@H]1C. The summed E-state index contributed by atoms with van der Waals surface area (Å²) in [6, 6.07) is 0. The standard InChI is InChI=1S/C13H18O5/c1-6-11-7(2)12(16-9(4)14)8(3)13(18-11)17-10(5)15/h1,7-8,11-13H,2-5H3/t7-,8+,11+,12-,13?/m1/s1. The molecule has 0 saturated carbocycles. The van der Waals surface area contributed by atoms with Crippen molar-refractivity contribution in [3.05, 3.63) is 0 Å². The van der Waals surface area contributed by atoms with E-state index in [0.717, 1.165) is 0 Å². The lowest BCUT2D eigenvalue weighted by Crippen LogP contribution is -2.51. The number of carbonyl (C=O) groups excluding carboxylic acids is 2. The minimum atomic E-state index is -0.788. The van der Waals surface area contributed by atoms with Crippen LogP contribution in [0.5, 0.6) is 0 Å². The predicted molar refractivity (Wildman–Crippen MR) is 63.1 cm³/mol. The molecule has 1 heterocycles. The van der Waals surface area contributed by atoms with Gasteiger partial charge in [0.25, 0.3) is 0 Å². The Labute approximate surface area is 107 Å². The van der Waals surface area contributed by atoms with Crippen molar-refractivity contribution in [1.82, 2.24) is 0 Å². The van der Waals surface area contributed by atoms with Crippen LogP contribution in [-0.4, -0.2) is 30.4 Å². The molecule has 1 saturated heterocycles.